The Labute approximate surface area is 135 Å². The van der Waals surface area contributed by atoms with E-state index in [4.69, 9.17) is 5.11 Å². The van der Waals surface area contributed by atoms with Crippen molar-refractivity contribution >= 4 is 23.6 Å². The molecule has 4 nitrogen and oxygen atoms in total. The van der Waals surface area contributed by atoms with Crippen molar-refractivity contribution in [1.29, 1.82) is 0 Å². The Morgan fingerprint density at radius 2 is 1.91 bits per heavy atom. The van der Waals surface area contributed by atoms with Gasteiger partial charge < -0.3 is 10.4 Å². The van der Waals surface area contributed by atoms with Gasteiger partial charge in [-0.25, -0.2) is 0 Å². The average molecular weight is 321 g/mol. The van der Waals surface area contributed by atoms with Crippen molar-refractivity contribution < 1.29 is 14.7 Å². The Bertz CT molecular complexity index is 515. The molecule has 1 saturated carbocycles. The second-order valence-electron chi connectivity index (χ2n) is 5.79. The highest BCUT2D eigenvalue weighted by molar-refractivity contribution is 7.98. The summed E-state index contributed by atoms with van der Waals surface area (Å²) in [6.07, 6.45) is 5.65. The third-order valence-electron chi connectivity index (χ3n) is 4.27. The summed E-state index contributed by atoms with van der Waals surface area (Å²) in [6, 6.07) is 8.33. The molecule has 1 aliphatic carbocycles. The lowest BCUT2D eigenvalue weighted by Crippen LogP contribution is -2.36. The van der Waals surface area contributed by atoms with Crippen molar-refractivity contribution in [1.82, 2.24) is 5.32 Å². The van der Waals surface area contributed by atoms with E-state index >= 15 is 0 Å². The maximum atomic E-state index is 12.1. The van der Waals surface area contributed by atoms with Gasteiger partial charge in [-0.2, -0.15) is 0 Å². The molecule has 2 unspecified atom stereocenters. The minimum Gasteiger partial charge on any atom is -0.481 e. The topological polar surface area (TPSA) is 66.4 Å². The summed E-state index contributed by atoms with van der Waals surface area (Å²) in [5.41, 5.74) is 1.20. The van der Waals surface area contributed by atoms with Crippen molar-refractivity contribution in [2.45, 2.75) is 37.0 Å². The molecule has 0 aromatic heterocycles. The lowest BCUT2D eigenvalue weighted by molar-refractivity contribution is -0.144. The lowest BCUT2D eigenvalue weighted by atomic mass is 9.81. The van der Waals surface area contributed by atoms with Gasteiger partial charge in [0.2, 0.25) is 5.91 Å². The molecule has 1 aromatic rings. The fourth-order valence-electron chi connectivity index (χ4n) is 2.92. The third-order valence-corrected chi connectivity index (χ3v) is 5.01. The number of rotatable bonds is 6. The SMILES string of the molecule is CSc1ccc(CCNC(=O)C2CCCC(C(=O)O)C2)cc1. The van der Waals surface area contributed by atoms with Crippen molar-refractivity contribution in [3.8, 4) is 0 Å². The molecule has 0 aliphatic heterocycles. The zero-order valence-corrected chi connectivity index (χ0v) is 13.7. The van der Waals surface area contributed by atoms with Gasteiger partial charge in [0, 0.05) is 17.4 Å². The smallest absolute Gasteiger partial charge is 0.306 e. The molecule has 1 fully saturated rings. The van der Waals surface area contributed by atoms with Crippen molar-refractivity contribution in [3.05, 3.63) is 29.8 Å². The van der Waals surface area contributed by atoms with Gasteiger partial charge in [0.25, 0.3) is 0 Å². The van der Waals surface area contributed by atoms with Crippen LogP contribution in [0.15, 0.2) is 29.2 Å². The van der Waals surface area contributed by atoms with Gasteiger partial charge in [-0.1, -0.05) is 18.6 Å². The Hall–Kier alpha value is -1.49. The fraction of sp³-hybridized carbons (Fsp3) is 0.529. The second kappa shape index (κ2) is 8.22. The van der Waals surface area contributed by atoms with Crippen molar-refractivity contribution in [2.24, 2.45) is 11.8 Å². The third kappa shape index (κ3) is 4.77. The number of amides is 1. The van der Waals surface area contributed by atoms with E-state index in [2.05, 4.69) is 29.6 Å². The van der Waals surface area contributed by atoms with Crippen molar-refractivity contribution in [2.75, 3.05) is 12.8 Å². The Kier molecular flexibility index (Phi) is 6.31. The number of carboxylic acids is 1. The van der Waals surface area contributed by atoms with Crippen LogP contribution in [0.25, 0.3) is 0 Å². The molecule has 0 radical (unpaired) electrons. The molecule has 0 heterocycles. The van der Waals surface area contributed by atoms with E-state index in [0.717, 1.165) is 19.3 Å². The summed E-state index contributed by atoms with van der Waals surface area (Å²) in [7, 11) is 0. The first-order valence-corrected chi connectivity index (χ1v) is 8.96. The van der Waals surface area contributed by atoms with Gasteiger partial charge in [0.15, 0.2) is 0 Å². The first-order chi connectivity index (χ1) is 10.6. The summed E-state index contributed by atoms with van der Waals surface area (Å²) in [5.74, 6) is -1.27. The summed E-state index contributed by atoms with van der Waals surface area (Å²) in [6.45, 7) is 0.603. The van der Waals surface area contributed by atoms with Crippen LogP contribution in [0.5, 0.6) is 0 Å². The van der Waals surface area contributed by atoms with E-state index in [1.165, 1.54) is 10.5 Å². The first-order valence-electron chi connectivity index (χ1n) is 7.73. The summed E-state index contributed by atoms with van der Waals surface area (Å²) >= 11 is 1.71. The molecule has 1 amide bonds. The summed E-state index contributed by atoms with van der Waals surface area (Å²) < 4.78 is 0. The molecule has 0 saturated heterocycles. The largest absolute Gasteiger partial charge is 0.481 e. The Morgan fingerprint density at radius 3 is 2.55 bits per heavy atom. The highest BCUT2D eigenvalue weighted by atomic mass is 32.2. The van der Waals surface area contributed by atoms with Gasteiger partial charge >= 0.3 is 5.97 Å². The monoisotopic (exact) mass is 321 g/mol. The van der Waals surface area contributed by atoms with E-state index in [9.17, 15) is 9.59 Å². The number of aliphatic carboxylic acids is 1. The normalized spacial score (nSPS) is 21.3. The number of thioether (sulfide) groups is 1. The number of benzene rings is 1. The summed E-state index contributed by atoms with van der Waals surface area (Å²) in [5, 5.41) is 12.0. The van der Waals surface area contributed by atoms with Crippen LogP contribution in [0, 0.1) is 11.8 Å². The molecule has 0 spiro atoms. The highest BCUT2D eigenvalue weighted by Crippen LogP contribution is 2.29. The molecule has 2 rings (SSSR count). The number of carboxylic acid groups (broad SMARTS) is 1. The molecule has 0 bridgehead atoms. The van der Waals surface area contributed by atoms with Crippen LogP contribution >= 0.6 is 11.8 Å². The van der Waals surface area contributed by atoms with Crippen LogP contribution in [0.2, 0.25) is 0 Å². The zero-order chi connectivity index (χ0) is 15.9. The van der Waals surface area contributed by atoms with E-state index in [0.29, 0.717) is 19.4 Å². The summed E-state index contributed by atoms with van der Waals surface area (Å²) in [4.78, 5) is 24.4. The predicted molar refractivity (Wildman–Crippen MR) is 88.0 cm³/mol. The van der Waals surface area contributed by atoms with E-state index in [1.54, 1.807) is 11.8 Å². The molecule has 22 heavy (non-hydrogen) atoms. The number of nitrogens with one attached hydrogen (secondary N) is 1. The maximum absolute atomic E-state index is 12.1. The Balaban J connectivity index is 1.76. The van der Waals surface area contributed by atoms with Crippen molar-refractivity contribution in [3.63, 3.8) is 0 Å². The van der Waals surface area contributed by atoms with Crippen LogP contribution in [0.1, 0.15) is 31.2 Å². The lowest BCUT2D eigenvalue weighted by Gasteiger charge is -2.25. The standard InChI is InChI=1S/C17H23NO3S/c1-22-15-7-5-12(6-8-15)9-10-18-16(19)13-3-2-4-14(11-13)17(20)21/h5-8,13-14H,2-4,9-11H2,1H3,(H,18,19)(H,20,21). The van der Waals surface area contributed by atoms with E-state index in [-0.39, 0.29) is 17.7 Å². The Morgan fingerprint density at radius 1 is 1.23 bits per heavy atom. The van der Waals surface area contributed by atoms with Gasteiger partial charge in [0.1, 0.15) is 0 Å². The molecular weight excluding hydrogens is 298 g/mol. The number of carbonyl (C=O) groups is 2. The quantitative estimate of drug-likeness (QED) is 0.791. The maximum Gasteiger partial charge on any atom is 0.306 e. The van der Waals surface area contributed by atoms with Crippen LogP contribution in [0.4, 0.5) is 0 Å². The number of carbonyl (C=O) groups excluding carboxylic acids is 1. The van der Waals surface area contributed by atoms with Gasteiger partial charge in [0.05, 0.1) is 5.92 Å². The molecular formula is C17H23NO3S. The fourth-order valence-corrected chi connectivity index (χ4v) is 3.33. The number of hydrogen-bond donors (Lipinski definition) is 2. The van der Waals surface area contributed by atoms with Crippen LogP contribution in [0.3, 0.4) is 0 Å². The molecule has 1 aliphatic rings. The predicted octanol–water partition coefficient (Wildman–Crippen LogP) is 2.96. The average Bonchev–Trinajstić information content (AvgIpc) is 2.55. The second-order valence-corrected chi connectivity index (χ2v) is 6.67. The van der Waals surface area contributed by atoms with Gasteiger partial charge in [-0.05, 0) is 49.6 Å². The van der Waals surface area contributed by atoms with Crippen LogP contribution in [-0.4, -0.2) is 29.8 Å². The van der Waals surface area contributed by atoms with Crippen LogP contribution < -0.4 is 5.32 Å². The number of hydrogen-bond acceptors (Lipinski definition) is 3. The minimum absolute atomic E-state index is 0.00619. The molecule has 5 heteroatoms. The molecule has 2 atom stereocenters. The highest BCUT2D eigenvalue weighted by Gasteiger charge is 2.30. The zero-order valence-electron chi connectivity index (χ0n) is 12.9. The van der Waals surface area contributed by atoms with Gasteiger partial charge in [-0.15, -0.1) is 11.8 Å². The van der Waals surface area contributed by atoms with E-state index in [1.807, 2.05) is 6.26 Å². The van der Waals surface area contributed by atoms with Crippen LogP contribution in [-0.2, 0) is 16.0 Å². The van der Waals surface area contributed by atoms with E-state index < -0.39 is 5.97 Å². The molecule has 1 aromatic carbocycles. The molecule has 2 N–H and O–H groups in total. The van der Waals surface area contributed by atoms with Gasteiger partial charge in [-0.3, -0.25) is 9.59 Å². The minimum atomic E-state index is -0.772. The first kappa shape index (κ1) is 16.9. The molecule has 120 valence electrons.